The monoisotopic (exact) mass is 261 g/mol. The predicted molar refractivity (Wildman–Crippen MR) is 60.5 cm³/mol. The van der Waals surface area contributed by atoms with Crippen molar-refractivity contribution in [1.82, 2.24) is 5.32 Å². The molecule has 0 aromatic carbocycles. The van der Waals surface area contributed by atoms with Crippen molar-refractivity contribution in [3.8, 4) is 0 Å². The van der Waals surface area contributed by atoms with Crippen molar-refractivity contribution in [3.63, 3.8) is 0 Å². The summed E-state index contributed by atoms with van der Waals surface area (Å²) in [7, 11) is 0. The summed E-state index contributed by atoms with van der Waals surface area (Å²) in [6, 6.07) is 0. The lowest BCUT2D eigenvalue weighted by atomic mass is 10.0. The summed E-state index contributed by atoms with van der Waals surface area (Å²) in [6.45, 7) is 1.44. The highest BCUT2D eigenvalue weighted by molar-refractivity contribution is 5.92. The van der Waals surface area contributed by atoms with Crippen LogP contribution in [-0.4, -0.2) is 57.7 Å². The molecule has 7 heteroatoms. The van der Waals surface area contributed by atoms with Crippen LogP contribution in [0.4, 0.5) is 0 Å². The second-order valence-corrected chi connectivity index (χ2v) is 5.36. The minimum atomic E-state index is -1.52. The van der Waals surface area contributed by atoms with Crippen molar-refractivity contribution in [3.05, 3.63) is 0 Å². The molecular formula is C11H19NO6. The Hall–Kier alpha value is -1.18. The Morgan fingerprint density at radius 2 is 1.56 bits per heavy atom. The first-order chi connectivity index (χ1) is 8.25. The highest BCUT2D eigenvalue weighted by Crippen LogP contribution is 2.58. The zero-order valence-electron chi connectivity index (χ0n) is 10.4. The molecule has 0 aromatic rings. The first kappa shape index (κ1) is 14.9. The number of carbonyl (C=O) groups excluding carboxylic acids is 1. The molecule has 0 bridgehead atoms. The minimum absolute atomic E-state index is 0.579. The van der Waals surface area contributed by atoms with Gasteiger partial charge in [0.05, 0.1) is 31.7 Å². The van der Waals surface area contributed by atoms with Crippen LogP contribution < -0.4 is 5.32 Å². The maximum Gasteiger partial charge on any atom is 0.307 e. The van der Waals surface area contributed by atoms with Crippen LogP contribution in [0.1, 0.15) is 13.8 Å². The molecule has 1 saturated carbocycles. The number of aliphatic hydroxyl groups excluding tert-OH is 3. The number of carbonyl (C=O) groups is 2. The third-order valence-electron chi connectivity index (χ3n) is 3.67. The molecule has 18 heavy (non-hydrogen) atoms. The second kappa shape index (κ2) is 4.83. The van der Waals surface area contributed by atoms with Gasteiger partial charge in [0.25, 0.3) is 0 Å². The highest BCUT2D eigenvalue weighted by atomic mass is 16.4. The molecule has 0 aromatic heterocycles. The SMILES string of the molecule is CC1(C)C(C(=O)O)C1C(=O)NC(CO)(CO)CO. The van der Waals surface area contributed by atoms with Gasteiger partial charge in [-0.05, 0) is 5.41 Å². The van der Waals surface area contributed by atoms with Gasteiger partial charge in [0, 0.05) is 0 Å². The van der Waals surface area contributed by atoms with Crippen LogP contribution in [0.25, 0.3) is 0 Å². The lowest BCUT2D eigenvalue weighted by Gasteiger charge is -2.29. The largest absolute Gasteiger partial charge is 0.481 e. The average Bonchev–Trinajstić information content (AvgIpc) is 2.90. The Balaban J connectivity index is 2.76. The normalized spacial score (nSPS) is 25.6. The zero-order chi connectivity index (χ0) is 14.1. The van der Waals surface area contributed by atoms with Gasteiger partial charge in [0.2, 0.25) is 5.91 Å². The van der Waals surface area contributed by atoms with Gasteiger partial charge in [-0.25, -0.2) is 0 Å². The molecule has 5 N–H and O–H groups in total. The number of rotatable bonds is 6. The molecule has 1 aliphatic rings. The quantitative estimate of drug-likeness (QED) is 0.383. The number of nitrogens with one attached hydrogen (secondary N) is 1. The molecular weight excluding hydrogens is 242 g/mol. The summed E-state index contributed by atoms with van der Waals surface area (Å²) < 4.78 is 0. The summed E-state index contributed by atoms with van der Waals surface area (Å²) in [5.74, 6) is -3.14. The fourth-order valence-corrected chi connectivity index (χ4v) is 2.20. The predicted octanol–water partition coefficient (Wildman–Crippen LogP) is -1.82. The van der Waals surface area contributed by atoms with E-state index in [-0.39, 0.29) is 0 Å². The van der Waals surface area contributed by atoms with Crippen LogP contribution in [0.2, 0.25) is 0 Å². The van der Waals surface area contributed by atoms with Gasteiger partial charge in [0.15, 0.2) is 0 Å². The van der Waals surface area contributed by atoms with E-state index in [2.05, 4.69) is 5.32 Å². The van der Waals surface area contributed by atoms with E-state index in [0.717, 1.165) is 0 Å². The van der Waals surface area contributed by atoms with Crippen molar-refractivity contribution in [2.75, 3.05) is 19.8 Å². The maximum absolute atomic E-state index is 11.9. The number of hydrogen-bond acceptors (Lipinski definition) is 5. The second-order valence-electron chi connectivity index (χ2n) is 5.36. The smallest absolute Gasteiger partial charge is 0.307 e. The van der Waals surface area contributed by atoms with Gasteiger partial charge in [-0.15, -0.1) is 0 Å². The zero-order valence-corrected chi connectivity index (χ0v) is 10.4. The van der Waals surface area contributed by atoms with Crippen molar-refractivity contribution < 1.29 is 30.0 Å². The average molecular weight is 261 g/mol. The Morgan fingerprint density at radius 3 is 1.83 bits per heavy atom. The van der Waals surface area contributed by atoms with Crippen LogP contribution in [0.5, 0.6) is 0 Å². The van der Waals surface area contributed by atoms with E-state index < -0.39 is 54.5 Å². The highest BCUT2D eigenvalue weighted by Gasteiger charge is 2.66. The summed E-state index contributed by atoms with van der Waals surface area (Å²) in [6.07, 6.45) is 0. The molecule has 2 atom stereocenters. The van der Waals surface area contributed by atoms with Gasteiger partial charge in [-0.2, -0.15) is 0 Å². The molecule has 1 aliphatic carbocycles. The number of aliphatic carboxylic acids is 1. The molecule has 1 rings (SSSR count). The number of amides is 1. The van der Waals surface area contributed by atoms with Crippen molar-refractivity contribution in [2.24, 2.45) is 17.3 Å². The van der Waals surface area contributed by atoms with Crippen molar-refractivity contribution in [1.29, 1.82) is 0 Å². The van der Waals surface area contributed by atoms with Gasteiger partial charge in [-0.1, -0.05) is 13.8 Å². The van der Waals surface area contributed by atoms with E-state index in [1.807, 2.05) is 0 Å². The molecule has 0 heterocycles. The number of aliphatic hydroxyl groups is 3. The number of carboxylic acid groups (broad SMARTS) is 1. The molecule has 1 amide bonds. The Morgan fingerprint density at radius 1 is 1.11 bits per heavy atom. The van der Waals surface area contributed by atoms with Gasteiger partial charge >= 0.3 is 5.97 Å². The molecule has 0 saturated heterocycles. The van der Waals surface area contributed by atoms with Gasteiger partial charge in [0.1, 0.15) is 5.54 Å². The summed E-state index contributed by atoms with van der Waals surface area (Å²) in [4.78, 5) is 22.9. The lowest BCUT2D eigenvalue weighted by molar-refractivity contribution is -0.141. The molecule has 7 nitrogen and oxygen atoms in total. The van der Waals surface area contributed by atoms with E-state index in [9.17, 15) is 9.59 Å². The van der Waals surface area contributed by atoms with E-state index in [4.69, 9.17) is 20.4 Å². The summed E-state index contributed by atoms with van der Waals surface area (Å²) in [5, 5.41) is 38.5. The standard InChI is InChI=1S/C11H19NO6/c1-10(2)6(7(10)9(17)18)8(16)12-11(3-13,4-14)5-15/h6-7,13-15H,3-5H2,1-2H3,(H,12,16)(H,17,18). The molecule has 0 radical (unpaired) electrons. The van der Waals surface area contributed by atoms with Crippen LogP contribution in [0.3, 0.4) is 0 Å². The third-order valence-corrected chi connectivity index (χ3v) is 3.67. The van der Waals surface area contributed by atoms with Crippen molar-refractivity contribution >= 4 is 11.9 Å². The number of hydrogen-bond donors (Lipinski definition) is 5. The summed E-state index contributed by atoms with van der Waals surface area (Å²) in [5.41, 5.74) is -2.18. The molecule has 1 fully saturated rings. The Labute approximate surface area is 104 Å². The molecule has 2 unspecified atom stereocenters. The van der Waals surface area contributed by atoms with Gasteiger partial charge < -0.3 is 25.7 Å². The van der Waals surface area contributed by atoms with Gasteiger partial charge in [-0.3, -0.25) is 9.59 Å². The third kappa shape index (κ3) is 2.33. The topological polar surface area (TPSA) is 127 Å². The van der Waals surface area contributed by atoms with Crippen LogP contribution in [0.15, 0.2) is 0 Å². The van der Waals surface area contributed by atoms with Crippen LogP contribution >= 0.6 is 0 Å². The van der Waals surface area contributed by atoms with Crippen LogP contribution in [-0.2, 0) is 9.59 Å². The molecule has 104 valence electrons. The van der Waals surface area contributed by atoms with E-state index in [0.29, 0.717) is 0 Å². The fraction of sp³-hybridized carbons (Fsp3) is 0.818. The van der Waals surface area contributed by atoms with Crippen molar-refractivity contribution in [2.45, 2.75) is 19.4 Å². The summed E-state index contributed by atoms with van der Waals surface area (Å²) >= 11 is 0. The Bertz CT molecular complexity index is 341. The fourth-order valence-electron chi connectivity index (χ4n) is 2.20. The molecule has 0 spiro atoms. The van der Waals surface area contributed by atoms with E-state index in [1.54, 1.807) is 13.8 Å². The number of carboxylic acids is 1. The molecule has 0 aliphatic heterocycles. The minimum Gasteiger partial charge on any atom is -0.481 e. The lowest BCUT2D eigenvalue weighted by Crippen LogP contribution is -2.57. The van der Waals surface area contributed by atoms with Crippen LogP contribution in [0, 0.1) is 17.3 Å². The first-order valence-electron chi connectivity index (χ1n) is 5.63. The first-order valence-corrected chi connectivity index (χ1v) is 5.63. The van der Waals surface area contributed by atoms with E-state index in [1.165, 1.54) is 0 Å². The Kier molecular flexibility index (Phi) is 3.99. The maximum atomic E-state index is 11.9. The van der Waals surface area contributed by atoms with E-state index >= 15 is 0 Å².